The third-order valence-corrected chi connectivity index (χ3v) is 6.68. The SMILES string of the molecule is Cc1ccc(C(=O)Nc2ccc(N(C(=O)OCCn3cccn3)C(C)(C)C)cc2)c(N2CCC(C)CC2)n1. The van der Waals surface area contributed by atoms with E-state index in [0.29, 0.717) is 29.4 Å². The van der Waals surface area contributed by atoms with Crippen LogP contribution < -0.4 is 15.1 Å². The minimum atomic E-state index is -0.512. The number of nitrogens with zero attached hydrogens (tertiary/aromatic N) is 5. The minimum absolute atomic E-state index is 0.204. The Kier molecular flexibility index (Phi) is 8.34. The molecular weight excluding hydrogens is 480 g/mol. The van der Waals surface area contributed by atoms with E-state index in [2.05, 4.69) is 22.2 Å². The fraction of sp³-hybridized carbons (Fsp3) is 0.448. The lowest BCUT2D eigenvalue weighted by molar-refractivity contribution is 0.102. The van der Waals surface area contributed by atoms with Gasteiger partial charge in [-0.2, -0.15) is 5.10 Å². The maximum atomic E-state index is 13.3. The van der Waals surface area contributed by atoms with Crippen molar-refractivity contribution < 1.29 is 14.3 Å². The molecular formula is C29H38N6O3. The van der Waals surface area contributed by atoms with Gasteiger partial charge in [0, 0.05) is 48.1 Å². The number of rotatable bonds is 7. The van der Waals surface area contributed by atoms with Gasteiger partial charge < -0.3 is 15.0 Å². The van der Waals surface area contributed by atoms with Crippen molar-refractivity contribution in [3.8, 4) is 0 Å². The summed E-state index contributed by atoms with van der Waals surface area (Å²) in [6.07, 6.45) is 5.26. The molecule has 9 heteroatoms. The monoisotopic (exact) mass is 518 g/mol. The topological polar surface area (TPSA) is 92.6 Å². The van der Waals surface area contributed by atoms with Gasteiger partial charge in [0.25, 0.3) is 5.91 Å². The van der Waals surface area contributed by atoms with Crippen LogP contribution in [0.1, 0.15) is 56.6 Å². The van der Waals surface area contributed by atoms with Gasteiger partial charge in [0.1, 0.15) is 12.4 Å². The van der Waals surface area contributed by atoms with Crippen LogP contribution in [0, 0.1) is 12.8 Å². The van der Waals surface area contributed by atoms with E-state index in [1.807, 2.05) is 64.2 Å². The number of pyridine rings is 1. The van der Waals surface area contributed by atoms with Gasteiger partial charge in [0.2, 0.25) is 0 Å². The second-order valence-corrected chi connectivity index (χ2v) is 10.9. The molecule has 202 valence electrons. The Morgan fingerprint density at radius 1 is 1.11 bits per heavy atom. The summed E-state index contributed by atoms with van der Waals surface area (Å²) >= 11 is 0. The van der Waals surface area contributed by atoms with Crippen molar-refractivity contribution in [1.29, 1.82) is 0 Å². The van der Waals surface area contributed by atoms with Gasteiger partial charge in [-0.25, -0.2) is 9.78 Å². The van der Waals surface area contributed by atoms with Crippen molar-refractivity contribution in [2.45, 2.75) is 59.5 Å². The summed E-state index contributed by atoms with van der Waals surface area (Å²) in [6, 6.07) is 12.8. The number of anilines is 3. The number of carbonyl (C=O) groups excluding carboxylic acids is 2. The highest BCUT2D eigenvalue weighted by Crippen LogP contribution is 2.28. The first-order chi connectivity index (χ1) is 18.1. The third kappa shape index (κ3) is 6.70. The number of aryl methyl sites for hydroxylation is 1. The number of benzene rings is 1. The first kappa shape index (κ1) is 27.2. The van der Waals surface area contributed by atoms with Crippen molar-refractivity contribution in [1.82, 2.24) is 14.8 Å². The molecule has 0 atom stereocenters. The van der Waals surface area contributed by atoms with E-state index in [0.717, 1.165) is 37.4 Å². The summed E-state index contributed by atoms with van der Waals surface area (Å²) < 4.78 is 7.26. The maximum absolute atomic E-state index is 13.3. The molecule has 4 rings (SSSR count). The maximum Gasteiger partial charge on any atom is 0.414 e. The quantitative estimate of drug-likeness (QED) is 0.443. The van der Waals surface area contributed by atoms with E-state index in [4.69, 9.17) is 9.72 Å². The van der Waals surface area contributed by atoms with Crippen LogP contribution in [0.4, 0.5) is 22.0 Å². The van der Waals surface area contributed by atoms with E-state index in [1.165, 1.54) is 0 Å². The molecule has 1 N–H and O–H groups in total. The van der Waals surface area contributed by atoms with Crippen molar-refractivity contribution in [3.05, 3.63) is 66.1 Å². The number of hydrogen-bond acceptors (Lipinski definition) is 6. The molecule has 0 spiro atoms. The molecule has 1 aliphatic heterocycles. The molecule has 0 aliphatic carbocycles. The van der Waals surface area contributed by atoms with Gasteiger partial charge >= 0.3 is 6.09 Å². The van der Waals surface area contributed by atoms with Crippen molar-refractivity contribution in [3.63, 3.8) is 0 Å². The smallest absolute Gasteiger partial charge is 0.414 e. The lowest BCUT2D eigenvalue weighted by Crippen LogP contribution is -2.46. The fourth-order valence-electron chi connectivity index (χ4n) is 4.56. The van der Waals surface area contributed by atoms with E-state index in [1.54, 1.807) is 27.9 Å². The molecule has 2 amide bonds. The molecule has 0 radical (unpaired) electrons. The first-order valence-electron chi connectivity index (χ1n) is 13.2. The third-order valence-electron chi connectivity index (χ3n) is 6.68. The highest BCUT2D eigenvalue weighted by molar-refractivity contribution is 6.07. The molecule has 1 saturated heterocycles. The molecule has 38 heavy (non-hydrogen) atoms. The Morgan fingerprint density at radius 3 is 2.45 bits per heavy atom. The largest absolute Gasteiger partial charge is 0.447 e. The molecule has 0 unspecified atom stereocenters. The summed E-state index contributed by atoms with van der Waals surface area (Å²) in [7, 11) is 0. The predicted molar refractivity (Wildman–Crippen MR) is 150 cm³/mol. The van der Waals surface area contributed by atoms with Crippen LogP contribution in [-0.4, -0.2) is 52.0 Å². The average molecular weight is 519 g/mol. The van der Waals surface area contributed by atoms with E-state index in [-0.39, 0.29) is 12.5 Å². The van der Waals surface area contributed by atoms with Gasteiger partial charge in [0.15, 0.2) is 0 Å². The van der Waals surface area contributed by atoms with Gasteiger partial charge in [-0.1, -0.05) is 6.92 Å². The second kappa shape index (κ2) is 11.7. The Morgan fingerprint density at radius 2 is 1.82 bits per heavy atom. The molecule has 1 fully saturated rings. The second-order valence-electron chi connectivity index (χ2n) is 10.9. The molecule has 9 nitrogen and oxygen atoms in total. The fourth-order valence-corrected chi connectivity index (χ4v) is 4.56. The lowest BCUT2D eigenvalue weighted by atomic mass is 9.99. The normalized spacial score (nSPS) is 14.3. The van der Waals surface area contributed by atoms with Crippen LogP contribution >= 0.6 is 0 Å². The lowest BCUT2D eigenvalue weighted by Gasteiger charge is -2.34. The van der Waals surface area contributed by atoms with E-state index in [9.17, 15) is 9.59 Å². The molecule has 0 bridgehead atoms. The summed E-state index contributed by atoms with van der Waals surface area (Å²) in [6.45, 7) is 12.5. The Balaban J connectivity index is 1.45. The predicted octanol–water partition coefficient (Wildman–Crippen LogP) is 5.52. The summed E-state index contributed by atoms with van der Waals surface area (Å²) in [5.41, 5.74) is 2.25. The zero-order valence-corrected chi connectivity index (χ0v) is 23.0. The number of aromatic nitrogens is 3. The molecule has 1 aromatic carbocycles. The van der Waals surface area contributed by atoms with E-state index >= 15 is 0 Å². The average Bonchev–Trinajstić information content (AvgIpc) is 3.38. The highest BCUT2D eigenvalue weighted by Gasteiger charge is 2.29. The van der Waals surface area contributed by atoms with Crippen LogP contribution in [0.3, 0.4) is 0 Å². The molecule has 1 aliphatic rings. The number of hydrogen-bond donors (Lipinski definition) is 1. The Hall–Kier alpha value is -3.88. The van der Waals surface area contributed by atoms with Crippen LogP contribution in [0.5, 0.6) is 0 Å². The van der Waals surface area contributed by atoms with Crippen LogP contribution in [0.15, 0.2) is 54.9 Å². The number of amides is 2. The number of ether oxygens (including phenoxy) is 1. The summed E-state index contributed by atoms with van der Waals surface area (Å²) in [4.78, 5) is 34.8. The first-order valence-corrected chi connectivity index (χ1v) is 13.2. The Labute approximate surface area is 224 Å². The van der Waals surface area contributed by atoms with Crippen molar-refractivity contribution in [2.24, 2.45) is 5.92 Å². The number of carbonyl (C=O) groups is 2. The van der Waals surface area contributed by atoms with Gasteiger partial charge in [-0.3, -0.25) is 14.4 Å². The Bertz CT molecular complexity index is 1230. The van der Waals surface area contributed by atoms with Gasteiger partial charge in [-0.15, -0.1) is 0 Å². The molecule has 3 heterocycles. The summed E-state index contributed by atoms with van der Waals surface area (Å²) in [5, 5.41) is 7.13. The minimum Gasteiger partial charge on any atom is -0.447 e. The summed E-state index contributed by atoms with van der Waals surface area (Å²) in [5.74, 6) is 1.22. The molecule has 3 aromatic rings. The van der Waals surface area contributed by atoms with Gasteiger partial charge in [-0.05, 0) is 88.9 Å². The zero-order valence-electron chi connectivity index (χ0n) is 23.0. The number of nitrogens with one attached hydrogen (secondary N) is 1. The molecule has 0 saturated carbocycles. The van der Waals surface area contributed by atoms with E-state index < -0.39 is 11.6 Å². The van der Waals surface area contributed by atoms with Crippen molar-refractivity contribution >= 4 is 29.2 Å². The standard InChI is InChI=1S/C29H38N6O3/c1-21-13-17-33(18-14-21)26-25(12-7-22(2)31-26)27(36)32-23-8-10-24(11-9-23)35(29(3,4)5)28(37)38-20-19-34-16-6-15-30-34/h6-12,15-16,21H,13-14,17-20H2,1-5H3,(H,32,36). The highest BCUT2D eigenvalue weighted by atomic mass is 16.6. The number of piperidine rings is 1. The molecule has 2 aromatic heterocycles. The van der Waals surface area contributed by atoms with Crippen LogP contribution in [-0.2, 0) is 11.3 Å². The van der Waals surface area contributed by atoms with Crippen LogP contribution in [0.2, 0.25) is 0 Å². The van der Waals surface area contributed by atoms with Crippen molar-refractivity contribution in [2.75, 3.05) is 34.8 Å². The van der Waals surface area contributed by atoms with Gasteiger partial charge in [0.05, 0.1) is 12.1 Å². The zero-order chi connectivity index (χ0) is 27.3. The van der Waals surface area contributed by atoms with Crippen LogP contribution in [0.25, 0.3) is 0 Å².